The minimum absolute atomic E-state index is 0.00187. The molecule has 0 aliphatic rings. The molecule has 1 aromatic carbocycles. The smallest absolute Gasteiger partial charge is 0.136 e. The first-order chi connectivity index (χ1) is 8.22. The third-order valence-electron chi connectivity index (χ3n) is 2.17. The zero-order valence-corrected chi connectivity index (χ0v) is 12.5. The molecule has 0 amide bonds. The lowest BCUT2D eigenvalue weighted by atomic mass is 10.2. The van der Waals surface area contributed by atoms with Crippen LogP contribution in [-0.4, -0.2) is 18.3 Å². The van der Waals surface area contributed by atoms with Crippen LogP contribution in [0.4, 0.5) is 0 Å². The Morgan fingerprint density at radius 2 is 1.53 bits per heavy atom. The fourth-order valence-corrected chi connectivity index (χ4v) is 1.97. The van der Waals surface area contributed by atoms with Crippen molar-refractivity contribution in [2.45, 2.75) is 33.3 Å². The molecule has 1 N–H and O–H groups in total. The molecule has 0 saturated heterocycles. The van der Waals surface area contributed by atoms with E-state index in [4.69, 9.17) is 9.47 Å². The Morgan fingerprint density at radius 3 is 1.88 bits per heavy atom. The number of hydrogen-bond acceptors (Lipinski definition) is 3. The van der Waals surface area contributed by atoms with Crippen molar-refractivity contribution in [3.05, 3.63) is 21.3 Å². The van der Waals surface area contributed by atoms with Gasteiger partial charge in [0.1, 0.15) is 11.5 Å². The summed E-state index contributed by atoms with van der Waals surface area (Å²) in [5, 5.41) is 9.21. The molecule has 0 aromatic heterocycles. The lowest BCUT2D eigenvalue weighted by molar-refractivity contribution is 0.273. The van der Waals surface area contributed by atoms with E-state index in [1.807, 2.05) is 12.1 Å². The molecule has 0 aliphatic heterocycles. The second kappa shape index (κ2) is 7.76. The molecule has 4 heteroatoms. The summed E-state index contributed by atoms with van der Waals surface area (Å²) < 4.78 is 12.3. The summed E-state index contributed by atoms with van der Waals surface area (Å²) in [7, 11) is 0. The molecule has 1 rings (SSSR count). The number of aliphatic hydroxyl groups is 1. The van der Waals surface area contributed by atoms with Gasteiger partial charge in [0, 0.05) is 0 Å². The Kier molecular flexibility index (Phi) is 6.65. The van der Waals surface area contributed by atoms with E-state index in [1.165, 1.54) is 0 Å². The van der Waals surface area contributed by atoms with Crippen LogP contribution in [-0.2, 0) is 6.61 Å². The molecule has 17 heavy (non-hydrogen) atoms. The average molecular weight is 350 g/mol. The first-order valence-electron chi connectivity index (χ1n) is 5.91. The number of aliphatic hydroxyl groups excluding tert-OH is 1. The molecular weight excluding hydrogens is 331 g/mol. The van der Waals surface area contributed by atoms with Crippen molar-refractivity contribution in [3.8, 4) is 11.5 Å². The van der Waals surface area contributed by atoms with Crippen LogP contribution >= 0.6 is 22.6 Å². The van der Waals surface area contributed by atoms with Gasteiger partial charge in [-0.05, 0) is 53.1 Å². The molecule has 0 unspecified atom stereocenters. The topological polar surface area (TPSA) is 38.7 Å². The molecule has 0 spiro atoms. The third kappa shape index (κ3) is 4.35. The maximum atomic E-state index is 9.21. The maximum Gasteiger partial charge on any atom is 0.136 e. The summed E-state index contributed by atoms with van der Waals surface area (Å²) in [6, 6.07) is 3.74. The van der Waals surface area contributed by atoms with E-state index >= 15 is 0 Å². The number of benzene rings is 1. The van der Waals surface area contributed by atoms with Gasteiger partial charge < -0.3 is 14.6 Å². The van der Waals surface area contributed by atoms with Gasteiger partial charge in [-0.1, -0.05) is 13.8 Å². The molecule has 0 bridgehead atoms. The van der Waals surface area contributed by atoms with Crippen molar-refractivity contribution in [1.29, 1.82) is 0 Å². The number of halogens is 1. The van der Waals surface area contributed by atoms with Crippen molar-refractivity contribution in [2.75, 3.05) is 13.2 Å². The van der Waals surface area contributed by atoms with Crippen LogP contribution in [0.5, 0.6) is 11.5 Å². The van der Waals surface area contributed by atoms with Gasteiger partial charge in [-0.15, -0.1) is 0 Å². The highest BCUT2D eigenvalue weighted by molar-refractivity contribution is 14.1. The van der Waals surface area contributed by atoms with Gasteiger partial charge in [0.05, 0.1) is 23.4 Å². The predicted molar refractivity (Wildman–Crippen MR) is 76.7 cm³/mol. The van der Waals surface area contributed by atoms with Crippen LogP contribution in [0.25, 0.3) is 0 Å². The Labute approximate surface area is 116 Å². The molecule has 0 fully saturated rings. The van der Waals surface area contributed by atoms with E-state index in [-0.39, 0.29) is 6.61 Å². The van der Waals surface area contributed by atoms with Gasteiger partial charge in [-0.3, -0.25) is 0 Å². The Bertz CT molecular complexity index is 324. The second-order valence-corrected chi connectivity index (χ2v) is 4.84. The van der Waals surface area contributed by atoms with Crippen LogP contribution < -0.4 is 9.47 Å². The van der Waals surface area contributed by atoms with Crippen LogP contribution in [0.3, 0.4) is 0 Å². The van der Waals surface area contributed by atoms with E-state index in [9.17, 15) is 5.11 Å². The summed E-state index contributed by atoms with van der Waals surface area (Å²) in [6.45, 7) is 5.49. The largest absolute Gasteiger partial charge is 0.492 e. The van der Waals surface area contributed by atoms with Crippen LogP contribution in [0.2, 0.25) is 0 Å². The molecule has 0 aliphatic carbocycles. The SMILES string of the molecule is CCCOc1cc(CO)cc(OCCC)c1I. The van der Waals surface area contributed by atoms with Crippen molar-refractivity contribution in [3.63, 3.8) is 0 Å². The van der Waals surface area contributed by atoms with Gasteiger partial charge in [-0.25, -0.2) is 0 Å². The summed E-state index contributed by atoms with van der Waals surface area (Å²) in [4.78, 5) is 0. The summed E-state index contributed by atoms with van der Waals surface area (Å²) in [6.07, 6.45) is 1.93. The van der Waals surface area contributed by atoms with Crippen molar-refractivity contribution in [1.82, 2.24) is 0 Å². The van der Waals surface area contributed by atoms with E-state index < -0.39 is 0 Å². The standard InChI is InChI=1S/C13H19IO3/c1-3-5-16-11-7-10(9-15)8-12(13(11)14)17-6-4-2/h7-8,15H,3-6,9H2,1-2H3. The van der Waals surface area contributed by atoms with Crippen molar-refractivity contribution >= 4 is 22.6 Å². The molecular formula is C13H19IO3. The van der Waals surface area contributed by atoms with Gasteiger partial charge in [-0.2, -0.15) is 0 Å². The van der Waals surface area contributed by atoms with Gasteiger partial charge in [0.15, 0.2) is 0 Å². The van der Waals surface area contributed by atoms with E-state index in [2.05, 4.69) is 36.4 Å². The maximum absolute atomic E-state index is 9.21. The Balaban J connectivity index is 2.94. The zero-order chi connectivity index (χ0) is 12.7. The highest BCUT2D eigenvalue weighted by Crippen LogP contribution is 2.32. The summed E-state index contributed by atoms with van der Waals surface area (Å²) in [5.74, 6) is 1.59. The zero-order valence-electron chi connectivity index (χ0n) is 10.3. The predicted octanol–water partition coefficient (Wildman–Crippen LogP) is 3.36. The number of hydrogen-bond donors (Lipinski definition) is 1. The first-order valence-corrected chi connectivity index (χ1v) is 6.99. The van der Waals surface area contributed by atoms with Gasteiger partial charge >= 0.3 is 0 Å². The minimum atomic E-state index is 0.00187. The number of rotatable bonds is 7. The highest BCUT2D eigenvalue weighted by atomic mass is 127. The molecule has 0 radical (unpaired) electrons. The Morgan fingerprint density at radius 1 is 1.06 bits per heavy atom. The van der Waals surface area contributed by atoms with Crippen molar-refractivity contribution < 1.29 is 14.6 Å². The number of ether oxygens (including phenoxy) is 2. The Hall–Kier alpha value is -0.490. The lowest BCUT2D eigenvalue weighted by Gasteiger charge is -2.14. The first kappa shape index (κ1) is 14.6. The van der Waals surface area contributed by atoms with E-state index in [1.54, 1.807) is 0 Å². The van der Waals surface area contributed by atoms with Gasteiger partial charge in [0.25, 0.3) is 0 Å². The summed E-state index contributed by atoms with van der Waals surface area (Å²) in [5.41, 5.74) is 0.822. The monoisotopic (exact) mass is 350 g/mol. The third-order valence-corrected chi connectivity index (χ3v) is 3.23. The van der Waals surface area contributed by atoms with Crippen molar-refractivity contribution in [2.24, 2.45) is 0 Å². The van der Waals surface area contributed by atoms with E-state index in [0.29, 0.717) is 13.2 Å². The molecule has 0 heterocycles. The van der Waals surface area contributed by atoms with Crippen LogP contribution in [0.1, 0.15) is 32.3 Å². The second-order valence-electron chi connectivity index (χ2n) is 3.76. The molecule has 1 aromatic rings. The fraction of sp³-hybridized carbons (Fsp3) is 0.538. The molecule has 96 valence electrons. The van der Waals surface area contributed by atoms with Gasteiger partial charge in [0.2, 0.25) is 0 Å². The van der Waals surface area contributed by atoms with Crippen LogP contribution in [0, 0.1) is 3.57 Å². The average Bonchev–Trinajstić information content (AvgIpc) is 2.36. The normalized spacial score (nSPS) is 10.4. The van der Waals surface area contributed by atoms with E-state index in [0.717, 1.165) is 33.5 Å². The highest BCUT2D eigenvalue weighted by Gasteiger charge is 2.10. The minimum Gasteiger partial charge on any atom is -0.492 e. The molecule has 0 atom stereocenters. The lowest BCUT2D eigenvalue weighted by Crippen LogP contribution is -2.03. The fourth-order valence-electron chi connectivity index (χ4n) is 1.35. The quantitative estimate of drug-likeness (QED) is 0.767. The summed E-state index contributed by atoms with van der Waals surface area (Å²) >= 11 is 2.22. The van der Waals surface area contributed by atoms with Crippen LogP contribution in [0.15, 0.2) is 12.1 Å². The molecule has 3 nitrogen and oxygen atoms in total. The molecule has 0 saturated carbocycles.